The summed E-state index contributed by atoms with van der Waals surface area (Å²) in [6, 6.07) is 0.419. The lowest BCUT2D eigenvalue weighted by Crippen LogP contribution is -2.45. The molecule has 4 heteroatoms. The van der Waals surface area contributed by atoms with Crippen molar-refractivity contribution in [2.45, 2.75) is 51.5 Å². The van der Waals surface area contributed by atoms with E-state index in [2.05, 4.69) is 22.5 Å². The molecule has 4 nitrogen and oxygen atoms in total. The Hall–Kier alpha value is -0.610. The van der Waals surface area contributed by atoms with Crippen LogP contribution in [-0.2, 0) is 4.79 Å². The Kier molecular flexibility index (Phi) is 6.11. The van der Waals surface area contributed by atoms with Gasteiger partial charge in [0.15, 0.2) is 0 Å². The molecule has 0 aromatic carbocycles. The summed E-state index contributed by atoms with van der Waals surface area (Å²) in [5.74, 6) is 0.877. The molecular formula is C15H29N3O. The minimum atomic E-state index is 0.279. The third-order valence-corrected chi connectivity index (χ3v) is 4.43. The monoisotopic (exact) mass is 267 g/mol. The summed E-state index contributed by atoms with van der Waals surface area (Å²) in [5.41, 5.74) is 0. The van der Waals surface area contributed by atoms with Gasteiger partial charge in [0.25, 0.3) is 0 Å². The van der Waals surface area contributed by atoms with E-state index in [-0.39, 0.29) is 5.91 Å². The number of amides is 1. The van der Waals surface area contributed by atoms with Crippen molar-refractivity contribution in [1.82, 2.24) is 15.5 Å². The number of nitrogens with one attached hydrogen (secondary N) is 2. The van der Waals surface area contributed by atoms with Gasteiger partial charge < -0.3 is 15.5 Å². The summed E-state index contributed by atoms with van der Waals surface area (Å²) in [6.45, 7) is 7.88. The number of rotatable bonds is 5. The fraction of sp³-hybridized carbons (Fsp3) is 0.933. The van der Waals surface area contributed by atoms with Gasteiger partial charge in [-0.2, -0.15) is 0 Å². The Balaban J connectivity index is 1.63. The summed E-state index contributed by atoms with van der Waals surface area (Å²) in [6.07, 6.45) is 6.52. The summed E-state index contributed by atoms with van der Waals surface area (Å²) in [7, 11) is 0. The average Bonchev–Trinajstić information content (AvgIpc) is 2.42. The number of piperidine rings is 2. The molecule has 0 spiro atoms. The highest BCUT2D eigenvalue weighted by Crippen LogP contribution is 2.16. The maximum atomic E-state index is 12.0. The molecule has 110 valence electrons. The van der Waals surface area contributed by atoms with Crippen molar-refractivity contribution < 1.29 is 4.79 Å². The molecule has 2 saturated heterocycles. The van der Waals surface area contributed by atoms with Crippen molar-refractivity contribution in [3.63, 3.8) is 0 Å². The van der Waals surface area contributed by atoms with Crippen LogP contribution in [0.25, 0.3) is 0 Å². The lowest BCUT2D eigenvalue weighted by molar-refractivity contribution is -0.123. The Morgan fingerprint density at radius 2 is 1.89 bits per heavy atom. The minimum Gasteiger partial charge on any atom is -0.353 e. The zero-order chi connectivity index (χ0) is 13.5. The van der Waals surface area contributed by atoms with Crippen molar-refractivity contribution >= 4 is 5.91 Å². The van der Waals surface area contributed by atoms with Crippen LogP contribution in [0.5, 0.6) is 0 Å². The molecule has 0 atom stereocenters. The fourth-order valence-corrected chi connectivity index (χ4v) is 3.25. The van der Waals surface area contributed by atoms with E-state index in [1.165, 1.54) is 13.0 Å². The second-order valence-corrected chi connectivity index (χ2v) is 6.08. The molecule has 0 aromatic rings. The smallest absolute Gasteiger partial charge is 0.220 e. The Morgan fingerprint density at radius 1 is 1.21 bits per heavy atom. The van der Waals surface area contributed by atoms with E-state index in [9.17, 15) is 4.79 Å². The zero-order valence-electron chi connectivity index (χ0n) is 12.3. The largest absolute Gasteiger partial charge is 0.353 e. The van der Waals surface area contributed by atoms with Crippen molar-refractivity contribution in [1.29, 1.82) is 0 Å². The molecule has 0 saturated carbocycles. The van der Waals surface area contributed by atoms with Gasteiger partial charge >= 0.3 is 0 Å². The number of carbonyl (C=O) groups excluding carboxylic acids is 1. The van der Waals surface area contributed by atoms with Crippen LogP contribution in [0.4, 0.5) is 0 Å². The average molecular weight is 267 g/mol. The first kappa shape index (κ1) is 14.8. The van der Waals surface area contributed by atoms with E-state index in [0.29, 0.717) is 12.0 Å². The predicted octanol–water partition coefficient (Wildman–Crippen LogP) is 1.37. The highest BCUT2D eigenvalue weighted by Gasteiger charge is 2.22. The number of hydrogen-bond donors (Lipinski definition) is 2. The van der Waals surface area contributed by atoms with Gasteiger partial charge in [0.1, 0.15) is 0 Å². The molecule has 2 N–H and O–H groups in total. The first-order chi connectivity index (χ1) is 9.28. The maximum absolute atomic E-state index is 12.0. The topological polar surface area (TPSA) is 44.4 Å². The highest BCUT2D eigenvalue weighted by molar-refractivity contribution is 5.76. The van der Waals surface area contributed by atoms with Gasteiger partial charge in [-0.3, -0.25) is 4.79 Å². The van der Waals surface area contributed by atoms with E-state index < -0.39 is 0 Å². The molecule has 2 heterocycles. The van der Waals surface area contributed by atoms with E-state index >= 15 is 0 Å². The van der Waals surface area contributed by atoms with Crippen LogP contribution in [0.3, 0.4) is 0 Å². The summed E-state index contributed by atoms with van der Waals surface area (Å²) >= 11 is 0. The fourth-order valence-electron chi connectivity index (χ4n) is 3.25. The van der Waals surface area contributed by atoms with Crippen LogP contribution in [-0.4, -0.2) is 49.6 Å². The highest BCUT2D eigenvalue weighted by atomic mass is 16.1. The molecule has 0 radical (unpaired) electrons. The molecule has 2 aliphatic rings. The van der Waals surface area contributed by atoms with Crippen LogP contribution in [0.2, 0.25) is 0 Å². The first-order valence-corrected chi connectivity index (χ1v) is 8.00. The van der Waals surface area contributed by atoms with Crippen LogP contribution in [0, 0.1) is 5.92 Å². The van der Waals surface area contributed by atoms with Crippen LogP contribution in [0.1, 0.15) is 45.4 Å². The Morgan fingerprint density at radius 3 is 2.53 bits per heavy atom. The molecule has 0 aliphatic carbocycles. The van der Waals surface area contributed by atoms with Gasteiger partial charge in [0, 0.05) is 25.6 Å². The second-order valence-electron chi connectivity index (χ2n) is 6.08. The van der Waals surface area contributed by atoms with Crippen LogP contribution in [0.15, 0.2) is 0 Å². The number of nitrogens with zero attached hydrogens (tertiary/aromatic N) is 1. The van der Waals surface area contributed by atoms with E-state index in [4.69, 9.17) is 0 Å². The normalized spacial score (nSPS) is 23.4. The number of hydrogen-bond acceptors (Lipinski definition) is 3. The molecule has 0 aromatic heterocycles. The molecular weight excluding hydrogens is 238 g/mol. The Labute approximate surface area is 117 Å². The third kappa shape index (κ3) is 5.11. The van der Waals surface area contributed by atoms with Crippen molar-refractivity contribution in [2.75, 3.05) is 32.7 Å². The van der Waals surface area contributed by atoms with Gasteiger partial charge in [-0.1, -0.05) is 6.92 Å². The lowest BCUT2D eigenvalue weighted by atomic mass is 9.94. The molecule has 2 fully saturated rings. The SMILES string of the molecule is CCCN1CCC(NC(=O)CC2CCNCC2)CC1. The van der Waals surface area contributed by atoms with Gasteiger partial charge in [-0.15, -0.1) is 0 Å². The van der Waals surface area contributed by atoms with Crippen molar-refractivity contribution in [3.8, 4) is 0 Å². The van der Waals surface area contributed by atoms with Gasteiger partial charge in [0.05, 0.1) is 0 Å². The summed E-state index contributed by atoms with van der Waals surface area (Å²) in [5, 5.41) is 6.59. The number of likely N-dealkylation sites (tertiary alicyclic amines) is 1. The molecule has 1 amide bonds. The predicted molar refractivity (Wildman–Crippen MR) is 78.1 cm³/mol. The van der Waals surface area contributed by atoms with Gasteiger partial charge in [0.2, 0.25) is 5.91 Å². The van der Waals surface area contributed by atoms with Gasteiger partial charge in [-0.05, 0) is 57.7 Å². The molecule has 2 rings (SSSR count). The maximum Gasteiger partial charge on any atom is 0.220 e. The van der Waals surface area contributed by atoms with Crippen molar-refractivity contribution in [3.05, 3.63) is 0 Å². The van der Waals surface area contributed by atoms with E-state index in [1.807, 2.05) is 0 Å². The quantitative estimate of drug-likeness (QED) is 0.791. The molecule has 0 unspecified atom stereocenters. The second kappa shape index (κ2) is 7.85. The van der Waals surface area contributed by atoms with E-state index in [1.54, 1.807) is 0 Å². The van der Waals surface area contributed by atoms with Crippen LogP contribution < -0.4 is 10.6 Å². The molecule has 2 aliphatic heterocycles. The number of carbonyl (C=O) groups is 1. The third-order valence-electron chi connectivity index (χ3n) is 4.43. The Bertz CT molecular complexity index is 269. The molecule has 19 heavy (non-hydrogen) atoms. The summed E-state index contributed by atoms with van der Waals surface area (Å²) in [4.78, 5) is 14.6. The minimum absolute atomic E-state index is 0.279. The summed E-state index contributed by atoms with van der Waals surface area (Å²) < 4.78 is 0. The molecule has 0 bridgehead atoms. The zero-order valence-corrected chi connectivity index (χ0v) is 12.3. The van der Waals surface area contributed by atoms with E-state index in [0.717, 1.165) is 58.3 Å². The van der Waals surface area contributed by atoms with Crippen molar-refractivity contribution in [2.24, 2.45) is 5.92 Å². The standard InChI is InChI=1S/C15H29N3O/c1-2-9-18-10-5-14(6-11-18)17-15(19)12-13-3-7-16-8-4-13/h13-14,16H,2-12H2,1H3,(H,17,19). The van der Waals surface area contributed by atoms with Crippen LogP contribution >= 0.6 is 0 Å². The lowest BCUT2D eigenvalue weighted by Gasteiger charge is -2.32. The van der Waals surface area contributed by atoms with Gasteiger partial charge in [-0.25, -0.2) is 0 Å². The first-order valence-electron chi connectivity index (χ1n) is 8.00.